The van der Waals surface area contributed by atoms with Crippen molar-refractivity contribution in [1.82, 2.24) is 5.32 Å². The van der Waals surface area contributed by atoms with Crippen molar-refractivity contribution in [2.24, 2.45) is 0 Å². The van der Waals surface area contributed by atoms with Crippen molar-refractivity contribution in [3.05, 3.63) is 24.3 Å². The summed E-state index contributed by atoms with van der Waals surface area (Å²) in [6.07, 6.45) is 0. The van der Waals surface area contributed by atoms with E-state index in [0.717, 1.165) is 26.2 Å². The third-order valence-corrected chi connectivity index (χ3v) is 3.84. The van der Waals surface area contributed by atoms with Crippen LogP contribution in [0.25, 0.3) is 0 Å². The third-order valence-electron chi connectivity index (χ3n) is 3.84. The van der Waals surface area contributed by atoms with Crippen LogP contribution in [0.1, 0.15) is 13.8 Å². The number of ether oxygens (including phenoxy) is 1. The topological polar surface area (TPSA) is 27.7 Å². The molecule has 0 radical (unpaired) electrons. The minimum Gasteiger partial charge on any atom is -0.383 e. The standard InChI is InChI=1S/C16H27N3O/c1-13(2)17-11-14(12-20-4)19-10-9-18(3)15-7-5-6-8-16(15)19/h5-8,13-14,17H,9-12H2,1-4H3. The lowest BCUT2D eigenvalue weighted by Gasteiger charge is -2.41. The summed E-state index contributed by atoms with van der Waals surface area (Å²) >= 11 is 0. The first-order valence-electron chi connectivity index (χ1n) is 7.42. The second kappa shape index (κ2) is 6.95. The molecule has 1 aromatic rings. The predicted molar refractivity (Wildman–Crippen MR) is 85.9 cm³/mol. The van der Waals surface area contributed by atoms with E-state index < -0.39 is 0 Å². The fraction of sp³-hybridized carbons (Fsp3) is 0.625. The Morgan fingerprint density at radius 2 is 1.90 bits per heavy atom. The van der Waals surface area contributed by atoms with Crippen LogP contribution >= 0.6 is 0 Å². The summed E-state index contributed by atoms with van der Waals surface area (Å²) in [5, 5.41) is 3.53. The number of fused-ring (bicyclic) bond motifs is 1. The van der Waals surface area contributed by atoms with Gasteiger partial charge in [-0.15, -0.1) is 0 Å². The van der Waals surface area contributed by atoms with Gasteiger partial charge in [0.05, 0.1) is 24.0 Å². The van der Waals surface area contributed by atoms with Gasteiger partial charge in [0, 0.05) is 39.8 Å². The lowest BCUT2D eigenvalue weighted by molar-refractivity contribution is 0.174. The summed E-state index contributed by atoms with van der Waals surface area (Å²) in [7, 11) is 3.94. The van der Waals surface area contributed by atoms with Crippen LogP contribution in [0.3, 0.4) is 0 Å². The van der Waals surface area contributed by atoms with E-state index in [9.17, 15) is 0 Å². The molecular weight excluding hydrogens is 250 g/mol. The van der Waals surface area contributed by atoms with Gasteiger partial charge in [-0.3, -0.25) is 0 Å². The fourth-order valence-electron chi connectivity index (χ4n) is 2.73. The smallest absolute Gasteiger partial charge is 0.0678 e. The second-order valence-electron chi connectivity index (χ2n) is 5.78. The maximum Gasteiger partial charge on any atom is 0.0678 e. The van der Waals surface area contributed by atoms with Gasteiger partial charge in [0.25, 0.3) is 0 Å². The molecule has 0 saturated heterocycles. The van der Waals surface area contributed by atoms with E-state index in [-0.39, 0.29) is 0 Å². The summed E-state index contributed by atoms with van der Waals surface area (Å²) in [6.45, 7) is 8.16. The van der Waals surface area contributed by atoms with Crippen molar-refractivity contribution in [3.63, 3.8) is 0 Å². The molecule has 112 valence electrons. The van der Waals surface area contributed by atoms with Crippen LogP contribution in [0.2, 0.25) is 0 Å². The van der Waals surface area contributed by atoms with Gasteiger partial charge in [0.15, 0.2) is 0 Å². The molecule has 0 aliphatic carbocycles. The monoisotopic (exact) mass is 277 g/mol. The molecule has 20 heavy (non-hydrogen) atoms. The molecule has 0 saturated carbocycles. The number of hydrogen-bond donors (Lipinski definition) is 1. The summed E-state index contributed by atoms with van der Waals surface area (Å²) in [6, 6.07) is 9.50. The Labute approximate surface area is 122 Å². The molecule has 0 amide bonds. The fourth-order valence-corrected chi connectivity index (χ4v) is 2.73. The minimum atomic E-state index is 0.372. The zero-order chi connectivity index (χ0) is 14.5. The van der Waals surface area contributed by atoms with E-state index >= 15 is 0 Å². The molecule has 2 rings (SSSR count). The zero-order valence-corrected chi connectivity index (χ0v) is 13.1. The van der Waals surface area contributed by atoms with Gasteiger partial charge in [0.2, 0.25) is 0 Å². The Kier molecular flexibility index (Phi) is 5.26. The molecule has 0 aromatic heterocycles. The van der Waals surface area contributed by atoms with Gasteiger partial charge in [-0.25, -0.2) is 0 Å². The number of hydrogen-bond acceptors (Lipinski definition) is 4. The van der Waals surface area contributed by atoms with Crippen LogP contribution in [0.4, 0.5) is 11.4 Å². The molecular formula is C16H27N3O. The molecule has 1 unspecified atom stereocenters. The maximum atomic E-state index is 5.44. The predicted octanol–water partition coefficient (Wildman–Crippen LogP) is 1.96. The number of nitrogens with one attached hydrogen (secondary N) is 1. The van der Waals surface area contributed by atoms with E-state index in [1.54, 1.807) is 7.11 Å². The first-order chi connectivity index (χ1) is 9.63. The van der Waals surface area contributed by atoms with Gasteiger partial charge in [-0.1, -0.05) is 26.0 Å². The van der Waals surface area contributed by atoms with Crippen LogP contribution in [-0.4, -0.2) is 52.5 Å². The number of benzene rings is 1. The van der Waals surface area contributed by atoms with Crippen molar-refractivity contribution in [2.45, 2.75) is 25.9 Å². The van der Waals surface area contributed by atoms with Crippen molar-refractivity contribution in [1.29, 1.82) is 0 Å². The van der Waals surface area contributed by atoms with E-state index in [1.165, 1.54) is 11.4 Å². The Bertz CT molecular complexity index is 422. The summed E-state index contributed by atoms with van der Waals surface area (Å²) in [4.78, 5) is 4.81. The Morgan fingerprint density at radius 3 is 2.55 bits per heavy atom. The van der Waals surface area contributed by atoms with Crippen molar-refractivity contribution in [2.75, 3.05) is 50.2 Å². The SMILES string of the molecule is COCC(CNC(C)C)N1CCN(C)c2ccccc21. The molecule has 1 aliphatic heterocycles. The molecule has 4 nitrogen and oxygen atoms in total. The summed E-state index contributed by atoms with van der Waals surface area (Å²) in [5.74, 6) is 0. The highest BCUT2D eigenvalue weighted by Gasteiger charge is 2.26. The van der Waals surface area contributed by atoms with Gasteiger partial charge >= 0.3 is 0 Å². The van der Waals surface area contributed by atoms with Crippen LogP contribution in [-0.2, 0) is 4.74 Å². The molecule has 1 aromatic carbocycles. The van der Waals surface area contributed by atoms with E-state index in [2.05, 4.69) is 60.3 Å². The van der Waals surface area contributed by atoms with Gasteiger partial charge in [0.1, 0.15) is 0 Å². The van der Waals surface area contributed by atoms with Gasteiger partial charge in [-0.05, 0) is 12.1 Å². The molecule has 0 bridgehead atoms. The molecule has 1 N–H and O–H groups in total. The average molecular weight is 277 g/mol. The quantitative estimate of drug-likeness (QED) is 0.860. The highest BCUT2D eigenvalue weighted by molar-refractivity contribution is 5.73. The van der Waals surface area contributed by atoms with Crippen molar-refractivity contribution >= 4 is 11.4 Å². The lowest BCUT2D eigenvalue weighted by Crippen LogP contribution is -2.51. The zero-order valence-electron chi connectivity index (χ0n) is 13.1. The van der Waals surface area contributed by atoms with E-state index in [0.29, 0.717) is 12.1 Å². The Balaban J connectivity index is 2.18. The highest BCUT2D eigenvalue weighted by Crippen LogP contribution is 2.32. The Hall–Kier alpha value is -1.26. The Morgan fingerprint density at radius 1 is 1.20 bits per heavy atom. The first-order valence-corrected chi connectivity index (χ1v) is 7.42. The van der Waals surface area contributed by atoms with Crippen molar-refractivity contribution in [3.8, 4) is 0 Å². The van der Waals surface area contributed by atoms with E-state index in [4.69, 9.17) is 4.74 Å². The lowest BCUT2D eigenvalue weighted by atomic mass is 10.1. The normalized spacial score (nSPS) is 16.4. The largest absolute Gasteiger partial charge is 0.383 e. The van der Waals surface area contributed by atoms with Crippen LogP contribution < -0.4 is 15.1 Å². The molecule has 0 fully saturated rings. The summed E-state index contributed by atoms with van der Waals surface area (Å²) in [5.41, 5.74) is 2.62. The van der Waals surface area contributed by atoms with Crippen molar-refractivity contribution < 1.29 is 4.74 Å². The number of para-hydroxylation sites is 2. The number of methoxy groups -OCH3 is 1. The van der Waals surface area contributed by atoms with Crippen LogP contribution in [0, 0.1) is 0 Å². The first kappa shape index (κ1) is 15.1. The van der Waals surface area contributed by atoms with Gasteiger partial charge in [-0.2, -0.15) is 0 Å². The van der Waals surface area contributed by atoms with E-state index in [1.807, 2.05) is 0 Å². The molecule has 1 heterocycles. The molecule has 1 aliphatic rings. The molecule has 1 atom stereocenters. The second-order valence-corrected chi connectivity index (χ2v) is 5.78. The number of anilines is 2. The highest BCUT2D eigenvalue weighted by atomic mass is 16.5. The van der Waals surface area contributed by atoms with Gasteiger partial charge < -0.3 is 19.9 Å². The molecule has 0 spiro atoms. The number of nitrogens with zero attached hydrogens (tertiary/aromatic N) is 2. The molecule has 4 heteroatoms. The maximum absolute atomic E-state index is 5.44. The number of likely N-dealkylation sites (N-methyl/N-ethyl adjacent to an activating group) is 1. The number of rotatable bonds is 6. The minimum absolute atomic E-state index is 0.372. The summed E-state index contributed by atoms with van der Waals surface area (Å²) < 4.78 is 5.44. The van der Waals surface area contributed by atoms with Crippen LogP contribution in [0.5, 0.6) is 0 Å². The van der Waals surface area contributed by atoms with Crippen LogP contribution in [0.15, 0.2) is 24.3 Å². The third kappa shape index (κ3) is 3.44. The average Bonchev–Trinajstić information content (AvgIpc) is 2.44.